The van der Waals surface area contributed by atoms with Crippen LogP contribution in [0.3, 0.4) is 0 Å². The number of amides is 1. The summed E-state index contributed by atoms with van der Waals surface area (Å²) >= 11 is 0. The molecule has 22 heavy (non-hydrogen) atoms. The molecule has 116 valence electrons. The first-order valence-electron chi connectivity index (χ1n) is 7.50. The number of ether oxygens (including phenoxy) is 1. The van der Waals surface area contributed by atoms with Crippen molar-refractivity contribution in [1.29, 1.82) is 0 Å². The van der Waals surface area contributed by atoms with Crippen molar-refractivity contribution in [1.82, 2.24) is 19.7 Å². The Morgan fingerprint density at radius 1 is 1.36 bits per heavy atom. The molecule has 0 saturated carbocycles. The monoisotopic (exact) mass is 301 g/mol. The summed E-state index contributed by atoms with van der Waals surface area (Å²) in [5.74, 6) is 1.16. The van der Waals surface area contributed by atoms with Gasteiger partial charge in [0.1, 0.15) is 18.5 Å². The number of pyridine rings is 1. The standard InChI is InChI=1S/C15H19N5O2/c21-15(4-1-12-5-7-22-8-6-12)19-14-3-2-13(9-17-14)20-11-16-10-18-20/h2-3,9-12H,1,4-8H2,(H,17,19,21). The van der Waals surface area contributed by atoms with Crippen molar-refractivity contribution < 1.29 is 9.53 Å². The average Bonchev–Trinajstić information content (AvgIpc) is 3.09. The Balaban J connectivity index is 1.48. The number of nitrogens with one attached hydrogen (secondary N) is 1. The fraction of sp³-hybridized carbons (Fsp3) is 0.467. The smallest absolute Gasteiger partial charge is 0.225 e. The fourth-order valence-corrected chi connectivity index (χ4v) is 2.51. The number of hydrogen-bond acceptors (Lipinski definition) is 5. The summed E-state index contributed by atoms with van der Waals surface area (Å²) in [4.78, 5) is 20.1. The van der Waals surface area contributed by atoms with Gasteiger partial charge in [-0.25, -0.2) is 14.6 Å². The van der Waals surface area contributed by atoms with Crippen LogP contribution < -0.4 is 5.32 Å². The van der Waals surface area contributed by atoms with Gasteiger partial charge in [-0.15, -0.1) is 0 Å². The highest BCUT2D eigenvalue weighted by Crippen LogP contribution is 2.20. The van der Waals surface area contributed by atoms with E-state index in [0.29, 0.717) is 18.2 Å². The molecule has 3 heterocycles. The molecule has 0 aromatic carbocycles. The average molecular weight is 301 g/mol. The second-order valence-corrected chi connectivity index (χ2v) is 5.38. The topological polar surface area (TPSA) is 81.9 Å². The summed E-state index contributed by atoms with van der Waals surface area (Å²) < 4.78 is 6.94. The van der Waals surface area contributed by atoms with Crippen LogP contribution in [0.4, 0.5) is 5.82 Å². The number of hydrogen-bond donors (Lipinski definition) is 1. The number of carbonyl (C=O) groups excluding carboxylic acids is 1. The van der Waals surface area contributed by atoms with E-state index in [1.165, 1.54) is 6.33 Å². The number of anilines is 1. The summed E-state index contributed by atoms with van der Waals surface area (Å²) in [5.41, 5.74) is 0.803. The van der Waals surface area contributed by atoms with Crippen molar-refractivity contribution in [3.05, 3.63) is 31.0 Å². The minimum atomic E-state index is 0.00694. The van der Waals surface area contributed by atoms with Gasteiger partial charge < -0.3 is 10.1 Å². The Morgan fingerprint density at radius 3 is 2.91 bits per heavy atom. The van der Waals surface area contributed by atoms with Gasteiger partial charge in [-0.3, -0.25) is 4.79 Å². The van der Waals surface area contributed by atoms with E-state index in [1.807, 2.05) is 6.07 Å². The highest BCUT2D eigenvalue weighted by atomic mass is 16.5. The predicted octanol–water partition coefficient (Wildman–Crippen LogP) is 1.81. The summed E-state index contributed by atoms with van der Waals surface area (Å²) in [5, 5.41) is 6.85. The fourth-order valence-electron chi connectivity index (χ4n) is 2.51. The van der Waals surface area contributed by atoms with Gasteiger partial charge in [0, 0.05) is 19.6 Å². The maximum atomic E-state index is 12.0. The van der Waals surface area contributed by atoms with Crippen molar-refractivity contribution in [2.45, 2.75) is 25.7 Å². The molecule has 1 aliphatic heterocycles. The zero-order valence-corrected chi connectivity index (χ0v) is 12.3. The van der Waals surface area contributed by atoms with Crippen molar-refractivity contribution in [3.8, 4) is 5.69 Å². The molecule has 7 nitrogen and oxygen atoms in total. The van der Waals surface area contributed by atoms with Gasteiger partial charge in [-0.1, -0.05) is 0 Å². The van der Waals surface area contributed by atoms with Gasteiger partial charge >= 0.3 is 0 Å². The molecule has 1 fully saturated rings. The number of rotatable bonds is 5. The Hall–Kier alpha value is -2.28. The zero-order valence-electron chi connectivity index (χ0n) is 12.3. The van der Waals surface area contributed by atoms with Crippen LogP contribution >= 0.6 is 0 Å². The Morgan fingerprint density at radius 2 is 2.23 bits per heavy atom. The Kier molecular flexibility index (Phi) is 4.75. The minimum absolute atomic E-state index is 0.00694. The first-order chi connectivity index (χ1) is 10.8. The third kappa shape index (κ3) is 3.88. The van der Waals surface area contributed by atoms with Crippen LogP contribution in [-0.2, 0) is 9.53 Å². The van der Waals surface area contributed by atoms with Crippen molar-refractivity contribution >= 4 is 11.7 Å². The summed E-state index contributed by atoms with van der Waals surface area (Å²) in [7, 11) is 0. The summed E-state index contributed by atoms with van der Waals surface area (Å²) in [6.07, 6.45) is 8.26. The SMILES string of the molecule is O=C(CCC1CCOCC1)Nc1ccc(-n2cncn2)cn1. The number of nitrogens with zero attached hydrogens (tertiary/aromatic N) is 4. The lowest BCUT2D eigenvalue weighted by Crippen LogP contribution is -2.19. The number of carbonyl (C=O) groups is 1. The lowest BCUT2D eigenvalue weighted by Gasteiger charge is -2.21. The highest BCUT2D eigenvalue weighted by molar-refractivity contribution is 5.89. The molecular formula is C15H19N5O2. The third-order valence-electron chi connectivity index (χ3n) is 3.82. The molecule has 0 aliphatic carbocycles. The first-order valence-corrected chi connectivity index (χ1v) is 7.50. The van der Waals surface area contributed by atoms with Gasteiger partial charge in [0.05, 0.1) is 11.9 Å². The van der Waals surface area contributed by atoms with E-state index in [2.05, 4.69) is 20.4 Å². The van der Waals surface area contributed by atoms with E-state index in [-0.39, 0.29) is 5.91 Å². The molecule has 1 aliphatic rings. The van der Waals surface area contributed by atoms with Crippen LogP contribution in [0.1, 0.15) is 25.7 Å². The van der Waals surface area contributed by atoms with E-state index in [9.17, 15) is 4.79 Å². The lowest BCUT2D eigenvalue weighted by atomic mass is 9.95. The molecule has 0 radical (unpaired) electrons. The zero-order chi connectivity index (χ0) is 15.2. The molecular weight excluding hydrogens is 282 g/mol. The van der Waals surface area contributed by atoms with Gasteiger partial charge in [-0.05, 0) is 37.3 Å². The highest BCUT2D eigenvalue weighted by Gasteiger charge is 2.15. The second-order valence-electron chi connectivity index (χ2n) is 5.38. The van der Waals surface area contributed by atoms with Gasteiger partial charge in [0.25, 0.3) is 0 Å². The normalized spacial score (nSPS) is 15.6. The van der Waals surface area contributed by atoms with E-state index < -0.39 is 0 Å². The van der Waals surface area contributed by atoms with E-state index in [4.69, 9.17) is 4.74 Å². The van der Waals surface area contributed by atoms with Crippen LogP contribution in [0.15, 0.2) is 31.0 Å². The Labute approximate surface area is 128 Å². The molecule has 0 atom stereocenters. The summed E-state index contributed by atoms with van der Waals surface area (Å²) in [6, 6.07) is 3.61. The van der Waals surface area contributed by atoms with Crippen molar-refractivity contribution in [2.24, 2.45) is 5.92 Å². The van der Waals surface area contributed by atoms with Gasteiger partial charge in [0.2, 0.25) is 5.91 Å². The molecule has 0 spiro atoms. The van der Waals surface area contributed by atoms with Crippen LogP contribution in [0.25, 0.3) is 5.69 Å². The molecule has 2 aromatic rings. The van der Waals surface area contributed by atoms with Crippen LogP contribution in [-0.4, -0.2) is 38.9 Å². The maximum Gasteiger partial charge on any atom is 0.225 e. The van der Waals surface area contributed by atoms with Crippen LogP contribution in [0.5, 0.6) is 0 Å². The first kappa shape index (κ1) is 14.6. The van der Waals surface area contributed by atoms with Crippen molar-refractivity contribution in [2.75, 3.05) is 18.5 Å². The summed E-state index contributed by atoms with van der Waals surface area (Å²) in [6.45, 7) is 1.63. The lowest BCUT2D eigenvalue weighted by molar-refractivity contribution is -0.116. The molecule has 1 amide bonds. The van der Waals surface area contributed by atoms with Crippen LogP contribution in [0, 0.1) is 5.92 Å². The van der Waals surface area contributed by atoms with E-state index in [0.717, 1.165) is 38.2 Å². The molecule has 2 aromatic heterocycles. The molecule has 0 unspecified atom stereocenters. The second kappa shape index (κ2) is 7.13. The minimum Gasteiger partial charge on any atom is -0.381 e. The largest absolute Gasteiger partial charge is 0.381 e. The molecule has 7 heteroatoms. The molecule has 1 N–H and O–H groups in total. The van der Waals surface area contributed by atoms with Crippen LogP contribution in [0.2, 0.25) is 0 Å². The molecule has 3 rings (SSSR count). The quantitative estimate of drug-likeness (QED) is 0.910. The van der Waals surface area contributed by atoms with Gasteiger partial charge in [-0.2, -0.15) is 5.10 Å². The Bertz CT molecular complexity index is 591. The molecule has 0 bridgehead atoms. The number of aromatic nitrogens is 4. The van der Waals surface area contributed by atoms with Crippen molar-refractivity contribution in [3.63, 3.8) is 0 Å². The van der Waals surface area contributed by atoms with E-state index >= 15 is 0 Å². The molecule has 1 saturated heterocycles. The third-order valence-corrected chi connectivity index (χ3v) is 3.82. The van der Waals surface area contributed by atoms with Gasteiger partial charge in [0.15, 0.2) is 0 Å². The predicted molar refractivity (Wildman–Crippen MR) is 80.6 cm³/mol. The van der Waals surface area contributed by atoms with E-state index in [1.54, 1.807) is 23.3 Å². The maximum absolute atomic E-state index is 12.0.